The fraction of sp³-hybridized carbons (Fsp3) is 0.923. The Kier molecular flexibility index (Phi) is 5.04. The summed E-state index contributed by atoms with van der Waals surface area (Å²) >= 11 is 0. The summed E-state index contributed by atoms with van der Waals surface area (Å²) in [6, 6.07) is -0.0517. The van der Waals surface area contributed by atoms with E-state index in [0.717, 1.165) is 25.8 Å². The van der Waals surface area contributed by atoms with Crippen molar-refractivity contribution in [2.45, 2.75) is 38.1 Å². The highest BCUT2D eigenvalue weighted by Gasteiger charge is 2.34. The Labute approximate surface area is 120 Å². The zero-order valence-corrected chi connectivity index (χ0v) is 12.8. The first kappa shape index (κ1) is 15.7. The molecule has 2 rings (SSSR count). The largest absolute Gasteiger partial charge is 0.394 e. The third-order valence-electron chi connectivity index (χ3n) is 4.39. The molecule has 0 saturated carbocycles. The lowest BCUT2D eigenvalue weighted by atomic mass is 9.93. The molecule has 2 fully saturated rings. The first-order valence-corrected chi connectivity index (χ1v) is 9.14. The zero-order chi connectivity index (χ0) is 14.8. The van der Waals surface area contributed by atoms with Crippen molar-refractivity contribution in [2.75, 3.05) is 32.5 Å². The van der Waals surface area contributed by atoms with E-state index in [9.17, 15) is 18.3 Å². The van der Waals surface area contributed by atoms with Gasteiger partial charge in [0, 0.05) is 25.6 Å². The number of sulfonamides is 1. The Morgan fingerprint density at radius 2 is 1.80 bits per heavy atom. The van der Waals surface area contributed by atoms with Crippen LogP contribution in [0.3, 0.4) is 0 Å². The molecule has 0 radical (unpaired) electrons. The number of hydrogen-bond acceptors (Lipinski definition) is 4. The van der Waals surface area contributed by atoms with Crippen LogP contribution in [0, 0.1) is 5.92 Å². The van der Waals surface area contributed by atoms with Gasteiger partial charge >= 0.3 is 0 Å². The minimum absolute atomic E-state index is 0.0218. The molecule has 0 aromatic carbocycles. The Balaban J connectivity index is 1.94. The van der Waals surface area contributed by atoms with Crippen molar-refractivity contribution in [3.05, 3.63) is 0 Å². The Morgan fingerprint density at radius 1 is 1.15 bits per heavy atom. The van der Waals surface area contributed by atoms with E-state index < -0.39 is 10.0 Å². The highest BCUT2D eigenvalue weighted by Crippen LogP contribution is 2.25. The van der Waals surface area contributed by atoms with Gasteiger partial charge in [-0.15, -0.1) is 0 Å². The van der Waals surface area contributed by atoms with E-state index in [1.54, 1.807) is 0 Å². The van der Waals surface area contributed by atoms with Crippen molar-refractivity contribution in [1.29, 1.82) is 0 Å². The van der Waals surface area contributed by atoms with E-state index in [-0.39, 0.29) is 24.5 Å². The molecule has 7 heteroatoms. The summed E-state index contributed by atoms with van der Waals surface area (Å²) in [5.74, 6) is -0.00273. The van der Waals surface area contributed by atoms with E-state index in [1.165, 1.54) is 10.6 Å². The molecule has 1 N–H and O–H groups in total. The summed E-state index contributed by atoms with van der Waals surface area (Å²) in [6.45, 7) is 1.59. The Morgan fingerprint density at radius 3 is 2.35 bits per heavy atom. The van der Waals surface area contributed by atoms with Crippen LogP contribution in [0.2, 0.25) is 0 Å². The number of likely N-dealkylation sites (tertiary alicyclic amines) is 1. The molecule has 20 heavy (non-hydrogen) atoms. The van der Waals surface area contributed by atoms with Crippen molar-refractivity contribution >= 4 is 15.9 Å². The standard InChI is InChI=1S/C13H24N2O4S/c1-20(18,19)14-8-5-11(6-9-14)13(17)15-7-3-2-4-12(15)10-16/h11-12,16H,2-10H2,1H3. The number of rotatable bonds is 3. The summed E-state index contributed by atoms with van der Waals surface area (Å²) in [4.78, 5) is 14.3. The van der Waals surface area contributed by atoms with E-state index in [0.29, 0.717) is 25.9 Å². The van der Waals surface area contributed by atoms with Crippen LogP contribution >= 0.6 is 0 Å². The predicted octanol–water partition coefficient (Wildman–Crippen LogP) is 0.0314. The van der Waals surface area contributed by atoms with Gasteiger partial charge in [-0.25, -0.2) is 12.7 Å². The van der Waals surface area contributed by atoms with E-state index in [2.05, 4.69) is 0 Å². The molecule has 2 aliphatic heterocycles. The summed E-state index contributed by atoms with van der Waals surface area (Å²) < 4.78 is 24.4. The van der Waals surface area contributed by atoms with Gasteiger partial charge in [0.2, 0.25) is 15.9 Å². The SMILES string of the molecule is CS(=O)(=O)N1CCC(C(=O)N2CCCCC2CO)CC1. The second kappa shape index (κ2) is 6.41. The maximum atomic E-state index is 12.5. The molecule has 1 unspecified atom stereocenters. The van der Waals surface area contributed by atoms with Gasteiger partial charge in [0.15, 0.2) is 0 Å². The molecule has 0 aromatic heterocycles. The lowest BCUT2D eigenvalue weighted by Crippen LogP contribution is -2.50. The first-order valence-electron chi connectivity index (χ1n) is 7.30. The fourth-order valence-electron chi connectivity index (χ4n) is 3.15. The molecule has 2 heterocycles. The van der Waals surface area contributed by atoms with Crippen LogP contribution in [0.1, 0.15) is 32.1 Å². The second-order valence-electron chi connectivity index (χ2n) is 5.80. The van der Waals surface area contributed by atoms with Gasteiger partial charge in [0.05, 0.1) is 18.9 Å². The number of aliphatic hydroxyl groups is 1. The van der Waals surface area contributed by atoms with E-state index in [4.69, 9.17) is 0 Å². The highest BCUT2D eigenvalue weighted by molar-refractivity contribution is 7.88. The van der Waals surface area contributed by atoms with Gasteiger partial charge in [0.1, 0.15) is 0 Å². The minimum atomic E-state index is -3.15. The van der Waals surface area contributed by atoms with Gasteiger partial charge in [-0.3, -0.25) is 4.79 Å². The lowest BCUT2D eigenvalue weighted by molar-refractivity contribution is -0.141. The third kappa shape index (κ3) is 3.51. The van der Waals surface area contributed by atoms with Gasteiger partial charge in [0.25, 0.3) is 0 Å². The number of carbonyl (C=O) groups excluding carboxylic acids is 1. The zero-order valence-electron chi connectivity index (χ0n) is 12.0. The van der Waals surface area contributed by atoms with Crippen LogP contribution in [0.4, 0.5) is 0 Å². The number of carbonyl (C=O) groups is 1. The van der Waals surface area contributed by atoms with Gasteiger partial charge in [-0.1, -0.05) is 0 Å². The van der Waals surface area contributed by atoms with E-state index in [1.807, 2.05) is 4.90 Å². The molecule has 2 aliphatic rings. The molecular weight excluding hydrogens is 280 g/mol. The maximum Gasteiger partial charge on any atom is 0.226 e. The van der Waals surface area contributed by atoms with Crippen LogP contribution in [-0.4, -0.2) is 67.2 Å². The number of aliphatic hydroxyl groups excluding tert-OH is 1. The van der Waals surface area contributed by atoms with Gasteiger partial charge in [-0.05, 0) is 32.1 Å². The number of piperidine rings is 2. The molecule has 0 spiro atoms. The average Bonchev–Trinajstić information content (AvgIpc) is 2.45. The smallest absolute Gasteiger partial charge is 0.226 e. The summed E-state index contributed by atoms with van der Waals surface area (Å²) in [6.07, 6.45) is 5.29. The fourth-order valence-corrected chi connectivity index (χ4v) is 4.02. The van der Waals surface area contributed by atoms with Crippen molar-refractivity contribution < 1.29 is 18.3 Å². The summed E-state index contributed by atoms with van der Waals surface area (Å²) in [5, 5.41) is 9.38. The quantitative estimate of drug-likeness (QED) is 0.798. The van der Waals surface area contributed by atoms with Crippen molar-refractivity contribution in [1.82, 2.24) is 9.21 Å². The molecular formula is C13H24N2O4S. The van der Waals surface area contributed by atoms with Gasteiger partial charge < -0.3 is 10.0 Å². The Hall–Kier alpha value is -0.660. The molecule has 116 valence electrons. The highest BCUT2D eigenvalue weighted by atomic mass is 32.2. The molecule has 1 atom stereocenters. The monoisotopic (exact) mass is 304 g/mol. The van der Waals surface area contributed by atoms with Crippen molar-refractivity contribution in [3.8, 4) is 0 Å². The van der Waals surface area contributed by atoms with Crippen LogP contribution in [0.15, 0.2) is 0 Å². The van der Waals surface area contributed by atoms with Crippen molar-refractivity contribution in [2.24, 2.45) is 5.92 Å². The van der Waals surface area contributed by atoms with Crippen LogP contribution in [-0.2, 0) is 14.8 Å². The van der Waals surface area contributed by atoms with Crippen LogP contribution in [0.25, 0.3) is 0 Å². The summed E-state index contributed by atoms with van der Waals surface area (Å²) in [5.41, 5.74) is 0. The van der Waals surface area contributed by atoms with Crippen molar-refractivity contribution in [3.63, 3.8) is 0 Å². The third-order valence-corrected chi connectivity index (χ3v) is 5.70. The molecule has 0 aromatic rings. The Bertz CT molecular complexity index is 443. The average molecular weight is 304 g/mol. The molecule has 0 aliphatic carbocycles. The van der Waals surface area contributed by atoms with E-state index >= 15 is 0 Å². The minimum Gasteiger partial charge on any atom is -0.394 e. The normalized spacial score (nSPS) is 26.7. The lowest BCUT2D eigenvalue weighted by Gasteiger charge is -2.39. The maximum absolute atomic E-state index is 12.5. The number of nitrogens with zero attached hydrogens (tertiary/aromatic N) is 2. The number of hydrogen-bond donors (Lipinski definition) is 1. The van der Waals surface area contributed by atoms with Crippen LogP contribution in [0.5, 0.6) is 0 Å². The second-order valence-corrected chi connectivity index (χ2v) is 7.78. The van der Waals surface area contributed by atoms with Crippen LogP contribution < -0.4 is 0 Å². The molecule has 2 saturated heterocycles. The van der Waals surface area contributed by atoms with Gasteiger partial charge in [-0.2, -0.15) is 0 Å². The predicted molar refractivity (Wildman–Crippen MR) is 75.6 cm³/mol. The molecule has 0 bridgehead atoms. The topological polar surface area (TPSA) is 77.9 Å². The first-order chi connectivity index (χ1) is 9.43. The summed E-state index contributed by atoms with van der Waals surface area (Å²) in [7, 11) is -3.15. The number of amides is 1. The molecule has 1 amide bonds. The molecule has 6 nitrogen and oxygen atoms in total.